The molecule has 0 saturated carbocycles. The lowest BCUT2D eigenvalue weighted by atomic mass is 10.2. The van der Waals surface area contributed by atoms with Crippen molar-refractivity contribution < 1.29 is 9.53 Å². The van der Waals surface area contributed by atoms with Crippen molar-refractivity contribution in [1.82, 2.24) is 5.32 Å². The van der Waals surface area contributed by atoms with Gasteiger partial charge in [-0.2, -0.15) is 0 Å². The molecule has 11 heavy (non-hydrogen) atoms. The van der Waals surface area contributed by atoms with E-state index in [-0.39, 0.29) is 0 Å². The highest BCUT2D eigenvalue weighted by atomic mass is 16.6. The fourth-order valence-electron chi connectivity index (χ4n) is 0.488. The third kappa shape index (κ3) is 7.16. The van der Waals surface area contributed by atoms with Crippen molar-refractivity contribution in [3.05, 3.63) is 6.92 Å². The van der Waals surface area contributed by atoms with Crippen LogP contribution in [0.1, 0.15) is 27.2 Å². The predicted octanol–water partition coefficient (Wildman–Crippen LogP) is 1.61. The molecule has 3 heteroatoms. The lowest BCUT2D eigenvalue weighted by Gasteiger charge is -2.19. The van der Waals surface area contributed by atoms with Crippen molar-refractivity contribution in [2.24, 2.45) is 0 Å². The first-order valence-electron chi connectivity index (χ1n) is 3.62. The van der Waals surface area contributed by atoms with Gasteiger partial charge in [-0.25, -0.2) is 4.79 Å². The quantitative estimate of drug-likeness (QED) is 0.661. The Morgan fingerprint density at radius 1 is 1.55 bits per heavy atom. The molecule has 2 radical (unpaired) electrons. The lowest BCUT2D eigenvalue weighted by Crippen LogP contribution is -2.32. The highest BCUT2D eigenvalue weighted by molar-refractivity contribution is 5.67. The number of nitrogens with one attached hydrogen (secondary N) is 1. The molecular weight excluding hydrogens is 142 g/mol. The third-order valence-electron chi connectivity index (χ3n) is 0.813. The molecule has 0 rings (SSSR count). The summed E-state index contributed by atoms with van der Waals surface area (Å²) >= 11 is 0. The summed E-state index contributed by atoms with van der Waals surface area (Å²) in [6, 6.07) is 0. The summed E-state index contributed by atoms with van der Waals surface area (Å²) in [6.07, 6.45) is 0.0159. The molecule has 0 saturated heterocycles. The van der Waals surface area contributed by atoms with Crippen LogP contribution in [0.5, 0.6) is 0 Å². The molecule has 0 unspecified atom stereocenters. The largest absolute Gasteiger partial charge is 0.444 e. The van der Waals surface area contributed by atoms with Gasteiger partial charge in [0, 0.05) is 6.54 Å². The number of carbonyl (C=O) groups is 1. The molecule has 0 aliphatic carbocycles. The third-order valence-corrected chi connectivity index (χ3v) is 0.813. The molecule has 0 bridgehead atoms. The first-order chi connectivity index (χ1) is 4.95. The molecule has 1 N–H and O–H groups in total. The summed E-state index contributed by atoms with van der Waals surface area (Å²) in [5.41, 5.74) is -0.432. The summed E-state index contributed by atoms with van der Waals surface area (Å²) in [7, 11) is 0. The number of rotatable bonds is 2. The molecule has 0 aliphatic rings. The second-order valence-corrected chi connectivity index (χ2v) is 3.22. The van der Waals surface area contributed by atoms with Crippen LogP contribution in [0, 0.1) is 6.92 Å². The average Bonchev–Trinajstić information content (AvgIpc) is 1.79. The van der Waals surface area contributed by atoms with Crippen LogP contribution in [0.4, 0.5) is 4.79 Å². The molecular formula is C8H15NO2. The minimum absolute atomic E-state index is 0.414. The first kappa shape index (κ1) is 10.3. The van der Waals surface area contributed by atoms with E-state index in [2.05, 4.69) is 5.32 Å². The van der Waals surface area contributed by atoms with Crippen LogP contribution in [0.3, 0.4) is 0 Å². The lowest BCUT2D eigenvalue weighted by molar-refractivity contribution is 0.0529. The minimum Gasteiger partial charge on any atom is -0.444 e. The molecule has 0 atom stereocenters. The van der Waals surface area contributed by atoms with Gasteiger partial charge < -0.3 is 10.1 Å². The SMILES string of the molecule is [CH]CCNC(=O)OC(C)(C)C. The number of hydrogen-bond acceptors (Lipinski definition) is 2. The number of ether oxygens (including phenoxy) is 1. The highest BCUT2D eigenvalue weighted by Gasteiger charge is 2.14. The van der Waals surface area contributed by atoms with Gasteiger partial charge >= 0.3 is 6.09 Å². The van der Waals surface area contributed by atoms with Crippen molar-refractivity contribution in [3.8, 4) is 0 Å². The number of amides is 1. The van der Waals surface area contributed by atoms with E-state index in [0.717, 1.165) is 0 Å². The maximum atomic E-state index is 10.8. The van der Waals surface area contributed by atoms with Crippen molar-refractivity contribution >= 4 is 6.09 Å². The van der Waals surface area contributed by atoms with E-state index in [1.807, 2.05) is 20.8 Å². The van der Waals surface area contributed by atoms with E-state index in [1.165, 1.54) is 0 Å². The summed E-state index contributed by atoms with van der Waals surface area (Å²) in [5, 5.41) is 2.50. The van der Waals surface area contributed by atoms with Gasteiger partial charge in [-0.3, -0.25) is 0 Å². The Hall–Kier alpha value is -0.730. The maximum absolute atomic E-state index is 10.8. The maximum Gasteiger partial charge on any atom is 0.407 e. The fourth-order valence-corrected chi connectivity index (χ4v) is 0.488. The average molecular weight is 157 g/mol. The minimum atomic E-state index is -0.432. The highest BCUT2D eigenvalue weighted by Crippen LogP contribution is 2.05. The molecule has 0 aromatic heterocycles. The van der Waals surface area contributed by atoms with Gasteiger partial charge in [0.05, 0.1) is 0 Å². The van der Waals surface area contributed by atoms with Gasteiger partial charge in [0.2, 0.25) is 0 Å². The standard InChI is InChI=1S/C8H15NO2/c1-5-6-9-7(10)11-8(2,3)4/h1H,5-6H2,2-4H3,(H,9,10). The van der Waals surface area contributed by atoms with Crippen LogP contribution < -0.4 is 5.32 Å². The van der Waals surface area contributed by atoms with Crippen molar-refractivity contribution in [2.45, 2.75) is 32.8 Å². The molecule has 0 spiro atoms. The first-order valence-corrected chi connectivity index (χ1v) is 3.62. The number of hydrogen-bond donors (Lipinski definition) is 1. The Morgan fingerprint density at radius 3 is 2.45 bits per heavy atom. The summed E-state index contributed by atoms with van der Waals surface area (Å²) < 4.78 is 4.93. The van der Waals surface area contributed by atoms with Crippen molar-refractivity contribution in [3.63, 3.8) is 0 Å². The Balaban J connectivity index is 3.53. The van der Waals surface area contributed by atoms with Crippen molar-refractivity contribution in [2.75, 3.05) is 6.54 Å². The van der Waals surface area contributed by atoms with Crippen LogP contribution in [-0.2, 0) is 4.74 Å². The summed E-state index contributed by atoms with van der Waals surface area (Å²) in [6.45, 7) is 11.1. The topological polar surface area (TPSA) is 38.3 Å². The van der Waals surface area contributed by atoms with Gasteiger partial charge in [0.15, 0.2) is 0 Å². The molecule has 0 heterocycles. The van der Waals surface area contributed by atoms with Crippen LogP contribution in [0.15, 0.2) is 0 Å². The predicted molar refractivity (Wildman–Crippen MR) is 43.2 cm³/mol. The Kier molecular flexibility index (Phi) is 3.93. The van der Waals surface area contributed by atoms with E-state index in [4.69, 9.17) is 11.7 Å². The monoisotopic (exact) mass is 157 g/mol. The zero-order valence-corrected chi connectivity index (χ0v) is 7.31. The Labute approximate surface area is 68.1 Å². The summed E-state index contributed by atoms with van der Waals surface area (Å²) in [4.78, 5) is 10.8. The van der Waals surface area contributed by atoms with Crippen molar-refractivity contribution in [1.29, 1.82) is 0 Å². The van der Waals surface area contributed by atoms with Crippen LogP contribution in [-0.4, -0.2) is 18.2 Å². The van der Waals surface area contributed by atoms with Crippen LogP contribution in [0.2, 0.25) is 0 Å². The number of carbonyl (C=O) groups excluding carboxylic acids is 1. The molecule has 64 valence electrons. The Bertz CT molecular complexity index is 127. The normalized spacial score (nSPS) is 10.9. The molecule has 3 nitrogen and oxygen atoms in total. The Morgan fingerprint density at radius 2 is 2.09 bits per heavy atom. The van der Waals surface area contributed by atoms with Gasteiger partial charge in [0.1, 0.15) is 5.60 Å². The second kappa shape index (κ2) is 4.21. The molecule has 1 amide bonds. The summed E-state index contributed by atoms with van der Waals surface area (Å²) in [5.74, 6) is 0. The number of alkyl carbamates (subject to hydrolysis) is 1. The van der Waals surface area contributed by atoms with Crippen LogP contribution >= 0.6 is 0 Å². The van der Waals surface area contributed by atoms with Crippen LogP contribution in [0.25, 0.3) is 0 Å². The van der Waals surface area contributed by atoms with E-state index in [9.17, 15) is 4.79 Å². The second-order valence-electron chi connectivity index (χ2n) is 3.22. The van der Waals surface area contributed by atoms with Gasteiger partial charge in [-0.05, 0) is 34.1 Å². The smallest absolute Gasteiger partial charge is 0.407 e. The van der Waals surface area contributed by atoms with E-state index >= 15 is 0 Å². The van der Waals surface area contributed by atoms with E-state index < -0.39 is 11.7 Å². The molecule has 0 aliphatic heterocycles. The van der Waals surface area contributed by atoms with E-state index in [0.29, 0.717) is 13.0 Å². The van der Waals surface area contributed by atoms with E-state index in [1.54, 1.807) is 0 Å². The van der Waals surface area contributed by atoms with Gasteiger partial charge in [0.25, 0.3) is 0 Å². The van der Waals surface area contributed by atoms with Gasteiger partial charge in [-0.15, -0.1) is 0 Å². The molecule has 0 aromatic rings. The van der Waals surface area contributed by atoms with Gasteiger partial charge in [-0.1, -0.05) is 0 Å². The molecule has 0 fully saturated rings. The fraction of sp³-hybridized carbons (Fsp3) is 0.750. The molecule has 0 aromatic carbocycles. The zero-order valence-electron chi connectivity index (χ0n) is 7.31. The zero-order chi connectivity index (χ0) is 8.91.